The number of hydrogen-bond donors (Lipinski definition) is 2. The molecule has 0 amide bonds. The molecule has 0 aliphatic rings. The van der Waals surface area contributed by atoms with E-state index in [9.17, 15) is 8.42 Å². The molecule has 0 atom stereocenters. The first kappa shape index (κ1) is 15.3. The van der Waals surface area contributed by atoms with Crippen LogP contribution in [0.3, 0.4) is 0 Å². The van der Waals surface area contributed by atoms with E-state index in [1.165, 1.54) is 0 Å². The van der Waals surface area contributed by atoms with Crippen LogP contribution in [0.15, 0.2) is 18.2 Å². The van der Waals surface area contributed by atoms with Crippen molar-refractivity contribution < 1.29 is 8.42 Å². The van der Waals surface area contributed by atoms with Crippen LogP contribution in [-0.2, 0) is 10.0 Å². The summed E-state index contributed by atoms with van der Waals surface area (Å²) >= 11 is 5.84. The molecule has 0 saturated heterocycles. The molecule has 0 aliphatic heterocycles. The van der Waals surface area contributed by atoms with E-state index in [0.29, 0.717) is 17.3 Å². The van der Waals surface area contributed by atoms with Crippen molar-refractivity contribution in [3.8, 4) is 0 Å². The minimum absolute atomic E-state index is 0.0388. The smallest absolute Gasteiger partial charge is 0.233 e. The van der Waals surface area contributed by atoms with Crippen molar-refractivity contribution >= 4 is 27.3 Å². The molecule has 0 bridgehead atoms. The molecule has 0 fully saturated rings. The second-order valence-corrected chi connectivity index (χ2v) is 6.77. The van der Waals surface area contributed by atoms with Crippen molar-refractivity contribution in [2.75, 3.05) is 17.0 Å². The maximum absolute atomic E-state index is 11.9. The zero-order chi connectivity index (χ0) is 13.8. The van der Waals surface area contributed by atoms with Gasteiger partial charge in [0, 0.05) is 17.6 Å². The molecular formula is C12H19ClN2O2S. The van der Waals surface area contributed by atoms with Crippen LogP contribution in [0, 0.1) is 6.92 Å². The van der Waals surface area contributed by atoms with Gasteiger partial charge in [0.2, 0.25) is 10.0 Å². The number of halogens is 1. The maximum atomic E-state index is 11.9. The predicted octanol–water partition coefficient (Wildman–Crippen LogP) is 2.39. The van der Waals surface area contributed by atoms with E-state index in [1.54, 1.807) is 18.2 Å². The molecule has 1 rings (SSSR count). The highest BCUT2D eigenvalue weighted by Gasteiger charge is 2.12. The van der Waals surface area contributed by atoms with Crippen molar-refractivity contribution in [2.45, 2.75) is 26.8 Å². The quantitative estimate of drug-likeness (QED) is 0.846. The van der Waals surface area contributed by atoms with Crippen LogP contribution >= 0.6 is 11.6 Å². The summed E-state index contributed by atoms with van der Waals surface area (Å²) in [5, 5.41) is 3.58. The Bertz CT molecular complexity index is 501. The molecule has 102 valence electrons. The number of anilines is 1. The molecule has 1 aromatic rings. The van der Waals surface area contributed by atoms with Crippen LogP contribution in [0.5, 0.6) is 0 Å². The molecule has 0 aromatic heterocycles. The molecular weight excluding hydrogens is 272 g/mol. The fraction of sp³-hybridized carbons (Fsp3) is 0.500. The largest absolute Gasteiger partial charge is 0.313 e. The molecule has 0 saturated carbocycles. The van der Waals surface area contributed by atoms with E-state index >= 15 is 0 Å². The van der Waals surface area contributed by atoms with Gasteiger partial charge in [-0.2, -0.15) is 0 Å². The van der Waals surface area contributed by atoms with Crippen LogP contribution in [-0.4, -0.2) is 26.8 Å². The third-order valence-corrected chi connectivity index (χ3v) is 3.90. The highest BCUT2D eigenvalue weighted by Crippen LogP contribution is 2.21. The molecule has 6 heteroatoms. The Morgan fingerprint density at radius 2 is 2.00 bits per heavy atom. The highest BCUT2D eigenvalue weighted by molar-refractivity contribution is 7.92. The van der Waals surface area contributed by atoms with Gasteiger partial charge in [0.05, 0.1) is 11.4 Å². The van der Waals surface area contributed by atoms with Gasteiger partial charge in [0.1, 0.15) is 0 Å². The lowest BCUT2D eigenvalue weighted by Gasteiger charge is -2.12. The number of hydrogen-bond acceptors (Lipinski definition) is 3. The predicted molar refractivity (Wildman–Crippen MR) is 76.7 cm³/mol. The minimum Gasteiger partial charge on any atom is -0.313 e. The second kappa shape index (κ2) is 6.41. The zero-order valence-electron chi connectivity index (χ0n) is 10.8. The van der Waals surface area contributed by atoms with E-state index < -0.39 is 10.0 Å². The summed E-state index contributed by atoms with van der Waals surface area (Å²) in [6.45, 7) is 6.20. The van der Waals surface area contributed by atoms with Crippen molar-refractivity contribution in [1.82, 2.24) is 5.32 Å². The van der Waals surface area contributed by atoms with Crippen molar-refractivity contribution in [3.05, 3.63) is 28.8 Å². The van der Waals surface area contributed by atoms with Crippen LogP contribution < -0.4 is 10.0 Å². The molecule has 0 heterocycles. The summed E-state index contributed by atoms with van der Waals surface area (Å²) in [7, 11) is -3.34. The van der Waals surface area contributed by atoms with Gasteiger partial charge in [-0.1, -0.05) is 31.5 Å². The lowest BCUT2D eigenvalue weighted by Crippen LogP contribution is -2.31. The van der Waals surface area contributed by atoms with Crippen LogP contribution in [0.4, 0.5) is 5.69 Å². The van der Waals surface area contributed by atoms with Gasteiger partial charge in [-0.25, -0.2) is 8.42 Å². The Hall–Kier alpha value is -0.780. The topological polar surface area (TPSA) is 58.2 Å². The Kier molecular flexibility index (Phi) is 5.44. The molecule has 0 unspecified atom stereocenters. The van der Waals surface area contributed by atoms with Gasteiger partial charge in [-0.3, -0.25) is 4.72 Å². The number of benzene rings is 1. The van der Waals surface area contributed by atoms with Crippen molar-refractivity contribution in [1.29, 1.82) is 0 Å². The third-order valence-electron chi connectivity index (χ3n) is 2.39. The van der Waals surface area contributed by atoms with Gasteiger partial charge < -0.3 is 5.32 Å². The van der Waals surface area contributed by atoms with Crippen molar-refractivity contribution in [3.63, 3.8) is 0 Å². The molecule has 4 nitrogen and oxygen atoms in total. The molecule has 0 aliphatic carbocycles. The molecule has 2 N–H and O–H groups in total. The Morgan fingerprint density at radius 3 is 2.61 bits per heavy atom. The number of nitrogens with one attached hydrogen (secondary N) is 2. The van der Waals surface area contributed by atoms with E-state index in [1.807, 2.05) is 20.8 Å². The third kappa shape index (κ3) is 5.25. The molecule has 18 heavy (non-hydrogen) atoms. The summed E-state index contributed by atoms with van der Waals surface area (Å²) in [6.07, 6.45) is 0. The summed E-state index contributed by atoms with van der Waals surface area (Å²) in [6, 6.07) is 5.40. The van der Waals surface area contributed by atoms with E-state index in [2.05, 4.69) is 10.0 Å². The fourth-order valence-electron chi connectivity index (χ4n) is 1.40. The SMILES string of the molecule is Cc1ccc(Cl)cc1NS(=O)(=O)CCNC(C)C. The molecule has 0 radical (unpaired) electrons. The van der Waals surface area contributed by atoms with Gasteiger partial charge >= 0.3 is 0 Å². The molecule has 0 spiro atoms. The van der Waals surface area contributed by atoms with Gasteiger partial charge in [-0.05, 0) is 24.6 Å². The average molecular weight is 291 g/mol. The normalized spacial score (nSPS) is 11.8. The Labute approximate surface area is 114 Å². The van der Waals surface area contributed by atoms with Gasteiger partial charge in [0.15, 0.2) is 0 Å². The monoisotopic (exact) mass is 290 g/mol. The van der Waals surface area contributed by atoms with Crippen LogP contribution in [0.25, 0.3) is 0 Å². The standard InChI is InChI=1S/C12H19ClN2O2S/c1-9(2)14-6-7-18(16,17)15-12-8-11(13)5-4-10(12)3/h4-5,8-9,14-15H,6-7H2,1-3H3. The first-order chi connectivity index (χ1) is 8.30. The van der Waals surface area contributed by atoms with Gasteiger partial charge in [0.25, 0.3) is 0 Å². The minimum atomic E-state index is -3.34. The van der Waals surface area contributed by atoms with E-state index in [0.717, 1.165) is 5.56 Å². The summed E-state index contributed by atoms with van der Waals surface area (Å²) in [4.78, 5) is 0. The first-order valence-corrected chi connectivity index (χ1v) is 7.83. The Balaban J connectivity index is 2.67. The number of sulfonamides is 1. The fourth-order valence-corrected chi connectivity index (χ4v) is 2.62. The second-order valence-electron chi connectivity index (χ2n) is 4.49. The summed E-state index contributed by atoms with van der Waals surface area (Å²) in [5.74, 6) is 0.0388. The van der Waals surface area contributed by atoms with Crippen LogP contribution in [0.2, 0.25) is 5.02 Å². The van der Waals surface area contributed by atoms with E-state index in [-0.39, 0.29) is 11.8 Å². The van der Waals surface area contributed by atoms with Gasteiger partial charge in [-0.15, -0.1) is 0 Å². The number of aryl methyl sites for hydroxylation is 1. The summed E-state index contributed by atoms with van der Waals surface area (Å²) < 4.78 is 26.3. The first-order valence-electron chi connectivity index (χ1n) is 5.80. The average Bonchev–Trinajstić information content (AvgIpc) is 2.22. The lowest BCUT2D eigenvalue weighted by atomic mass is 10.2. The Morgan fingerprint density at radius 1 is 1.33 bits per heavy atom. The van der Waals surface area contributed by atoms with Crippen molar-refractivity contribution in [2.24, 2.45) is 0 Å². The molecule has 1 aromatic carbocycles. The maximum Gasteiger partial charge on any atom is 0.233 e. The van der Waals surface area contributed by atoms with E-state index in [4.69, 9.17) is 11.6 Å². The highest BCUT2D eigenvalue weighted by atomic mass is 35.5. The summed E-state index contributed by atoms with van der Waals surface area (Å²) in [5.41, 5.74) is 1.38. The zero-order valence-corrected chi connectivity index (χ0v) is 12.4. The van der Waals surface area contributed by atoms with Crippen LogP contribution in [0.1, 0.15) is 19.4 Å². The lowest BCUT2D eigenvalue weighted by molar-refractivity contribution is 0.582. The number of rotatable bonds is 6.